The maximum Gasteiger partial charge on any atom is 0.238 e. The van der Waals surface area contributed by atoms with E-state index in [0.717, 1.165) is 25.0 Å². The van der Waals surface area contributed by atoms with Crippen molar-refractivity contribution in [2.45, 2.75) is 25.1 Å². The van der Waals surface area contributed by atoms with Gasteiger partial charge in [0.15, 0.2) is 0 Å². The average Bonchev–Trinajstić information content (AvgIpc) is 3.03. The Balaban J connectivity index is 1.75. The highest BCUT2D eigenvalue weighted by molar-refractivity contribution is 6.30. The molecule has 2 aliphatic rings. The fourth-order valence-corrected chi connectivity index (χ4v) is 2.82. The van der Waals surface area contributed by atoms with E-state index in [9.17, 15) is 4.79 Å². The van der Waals surface area contributed by atoms with E-state index in [1.807, 2.05) is 29.2 Å². The van der Waals surface area contributed by atoms with E-state index in [-0.39, 0.29) is 18.2 Å². The first-order valence-electron chi connectivity index (χ1n) is 6.64. The van der Waals surface area contributed by atoms with Crippen molar-refractivity contribution in [1.29, 1.82) is 0 Å². The van der Waals surface area contributed by atoms with E-state index < -0.39 is 0 Å². The van der Waals surface area contributed by atoms with Crippen LogP contribution in [0.25, 0.3) is 0 Å². The molecule has 0 saturated carbocycles. The van der Waals surface area contributed by atoms with Crippen LogP contribution in [0, 0.1) is 0 Å². The number of hydrogen-bond donors (Lipinski definition) is 1. The van der Waals surface area contributed by atoms with Gasteiger partial charge in [-0.3, -0.25) is 10.1 Å². The summed E-state index contributed by atoms with van der Waals surface area (Å²) >= 11 is 5.90. The van der Waals surface area contributed by atoms with E-state index in [0.29, 0.717) is 18.1 Å². The smallest absolute Gasteiger partial charge is 0.238 e. The van der Waals surface area contributed by atoms with Crippen LogP contribution in [-0.2, 0) is 9.53 Å². The van der Waals surface area contributed by atoms with Gasteiger partial charge in [0.05, 0.1) is 12.6 Å². The van der Waals surface area contributed by atoms with E-state index >= 15 is 0 Å². The van der Waals surface area contributed by atoms with Gasteiger partial charge in [-0.25, -0.2) is 0 Å². The summed E-state index contributed by atoms with van der Waals surface area (Å²) in [5, 5.41) is 3.95. The molecule has 2 aliphatic heterocycles. The zero-order valence-corrected chi connectivity index (χ0v) is 11.4. The van der Waals surface area contributed by atoms with Crippen LogP contribution < -0.4 is 5.32 Å². The summed E-state index contributed by atoms with van der Waals surface area (Å²) in [6, 6.07) is 7.62. The Morgan fingerprint density at radius 1 is 1.37 bits per heavy atom. The molecule has 19 heavy (non-hydrogen) atoms. The molecule has 2 saturated heterocycles. The van der Waals surface area contributed by atoms with Gasteiger partial charge in [0.1, 0.15) is 6.17 Å². The van der Waals surface area contributed by atoms with Crippen molar-refractivity contribution >= 4 is 17.5 Å². The molecule has 0 radical (unpaired) electrons. The molecule has 0 bridgehead atoms. The number of nitrogens with one attached hydrogen (secondary N) is 1. The quantitative estimate of drug-likeness (QED) is 0.920. The van der Waals surface area contributed by atoms with Crippen molar-refractivity contribution in [2.24, 2.45) is 0 Å². The zero-order chi connectivity index (χ0) is 13.2. The highest BCUT2D eigenvalue weighted by Gasteiger charge is 2.34. The number of carbonyl (C=O) groups is 1. The number of benzene rings is 1. The summed E-state index contributed by atoms with van der Waals surface area (Å²) in [6.45, 7) is 1.87. The lowest BCUT2D eigenvalue weighted by atomic mass is 10.1. The fraction of sp³-hybridized carbons (Fsp3) is 0.500. The summed E-state index contributed by atoms with van der Waals surface area (Å²) in [7, 11) is 0. The van der Waals surface area contributed by atoms with Gasteiger partial charge in [0.25, 0.3) is 0 Å². The van der Waals surface area contributed by atoms with Gasteiger partial charge in [-0.1, -0.05) is 23.7 Å². The highest BCUT2D eigenvalue weighted by atomic mass is 35.5. The van der Waals surface area contributed by atoms with E-state index in [1.165, 1.54) is 0 Å². The number of hydrogen-bond acceptors (Lipinski definition) is 3. The number of ether oxygens (including phenoxy) is 1. The lowest BCUT2D eigenvalue weighted by Gasteiger charge is -2.27. The maximum atomic E-state index is 12.0. The molecule has 2 atom stereocenters. The third-order valence-corrected chi connectivity index (χ3v) is 3.94. The number of carbonyl (C=O) groups excluding carboxylic acids is 1. The number of nitrogens with zero attached hydrogens (tertiary/aromatic N) is 1. The predicted molar refractivity (Wildman–Crippen MR) is 72.9 cm³/mol. The standard InChI is InChI=1S/C14H17ClN2O2/c15-11-5-3-10(4-6-11)14-16-8-13(18)17(14)9-12-2-1-7-19-12/h3-6,12,14,16H,1-2,7-9H2. The van der Waals surface area contributed by atoms with Crippen LogP contribution in [0.4, 0.5) is 0 Å². The number of halogens is 1. The summed E-state index contributed by atoms with van der Waals surface area (Å²) < 4.78 is 5.62. The van der Waals surface area contributed by atoms with Crippen LogP contribution in [0.5, 0.6) is 0 Å². The Morgan fingerprint density at radius 2 is 2.16 bits per heavy atom. The van der Waals surface area contributed by atoms with Crippen LogP contribution in [0.15, 0.2) is 24.3 Å². The summed E-state index contributed by atoms with van der Waals surface area (Å²) in [5.74, 6) is 0.135. The molecule has 0 aromatic heterocycles. The molecule has 5 heteroatoms. The van der Waals surface area contributed by atoms with Gasteiger partial charge < -0.3 is 9.64 Å². The molecule has 2 heterocycles. The minimum atomic E-state index is -0.0611. The third kappa shape index (κ3) is 2.76. The molecular weight excluding hydrogens is 264 g/mol. The molecule has 1 aromatic carbocycles. The Kier molecular flexibility index (Phi) is 3.73. The predicted octanol–water partition coefficient (Wildman–Crippen LogP) is 1.95. The second-order valence-corrected chi connectivity index (χ2v) is 5.45. The molecule has 1 aromatic rings. The van der Waals surface area contributed by atoms with Crippen molar-refractivity contribution in [3.05, 3.63) is 34.9 Å². The Hall–Kier alpha value is -1.10. The third-order valence-electron chi connectivity index (χ3n) is 3.69. The SMILES string of the molecule is O=C1CNC(c2ccc(Cl)cc2)N1CC1CCCO1. The van der Waals surface area contributed by atoms with Crippen molar-refractivity contribution in [3.63, 3.8) is 0 Å². The molecule has 102 valence electrons. The lowest BCUT2D eigenvalue weighted by molar-refractivity contribution is -0.129. The minimum absolute atomic E-state index is 0.0611. The number of amides is 1. The van der Waals surface area contributed by atoms with Gasteiger partial charge in [0, 0.05) is 18.2 Å². The minimum Gasteiger partial charge on any atom is -0.376 e. The van der Waals surface area contributed by atoms with Crippen molar-refractivity contribution in [3.8, 4) is 0 Å². The zero-order valence-electron chi connectivity index (χ0n) is 10.6. The molecule has 1 amide bonds. The normalized spacial score (nSPS) is 27.2. The highest BCUT2D eigenvalue weighted by Crippen LogP contribution is 2.26. The fourth-order valence-electron chi connectivity index (χ4n) is 2.70. The first kappa shape index (κ1) is 12.9. The average molecular weight is 281 g/mol. The molecule has 1 N–H and O–H groups in total. The largest absolute Gasteiger partial charge is 0.376 e. The number of rotatable bonds is 3. The van der Waals surface area contributed by atoms with Crippen molar-refractivity contribution < 1.29 is 9.53 Å². The maximum absolute atomic E-state index is 12.0. The molecule has 2 unspecified atom stereocenters. The second-order valence-electron chi connectivity index (χ2n) is 5.02. The summed E-state index contributed by atoms with van der Waals surface area (Å²) in [5.41, 5.74) is 1.06. The van der Waals surface area contributed by atoms with Gasteiger partial charge in [0.2, 0.25) is 5.91 Å². The van der Waals surface area contributed by atoms with Crippen molar-refractivity contribution in [2.75, 3.05) is 19.7 Å². The molecule has 2 fully saturated rings. The first-order chi connectivity index (χ1) is 9.24. The van der Waals surface area contributed by atoms with Gasteiger partial charge in [-0.05, 0) is 30.5 Å². The van der Waals surface area contributed by atoms with Gasteiger partial charge in [-0.15, -0.1) is 0 Å². The van der Waals surface area contributed by atoms with Crippen LogP contribution in [0.3, 0.4) is 0 Å². The monoisotopic (exact) mass is 280 g/mol. The second kappa shape index (κ2) is 5.49. The molecular formula is C14H17ClN2O2. The Labute approximate surface area is 117 Å². The Morgan fingerprint density at radius 3 is 2.84 bits per heavy atom. The van der Waals surface area contributed by atoms with Crippen LogP contribution in [0.1, 0.15) is 24.6 Å². The van der Waals surface area contributed by atoms with Crippen LogP contribution in [0.2, 0.25) is 5.02 Å². The van der Waals surface area contributed by atoms with E-state index in [2.05, 4.69) is 5.32 Å². The lowest BCUT2D eigenvalue weighted by Crippen LogP contribution is -2.36. The van der Waals surface area contributed by atoms with E-state index in [4.69, 9.17) is 16.3 Å². The molecule has 0 spiro atoms. The molecule has 0 aliphatic carbocycles. The van der Waals surface area contributed by atoms with Gasteiger partial charge >= 0.3 is 0 Å². The molecule has 4 nitrogen and oxygen atoms in total. The van der Waals surface area contributed by atoms with Crippen molar-refractivity contribution in [1.82, 2.24) is 10.2 Å². The Bertz CT molecular complexity index is 457. The van der Waals surface area contributed by atoms with E-state index in [1.54, 1.807) is 0 Å². The first-order valence-corrected chi connectivity index (χ1v) is 7.02. The summed E-state index contributed by atoms with van der Waals surface area (Å²) in [6.07, 6.45) is 2.25. The summed E-state index contributed by atoms with van der Waals surface area (Å²) in [4.78, 5) is 13.9. The topological polar surface area (TPSA) is 41.6 Å². The van der Waals surface area contributed by atoms with Crippen LogP contribution >= 0.6 is 11.6 Å². The van der Waals surface area contributed by atoms with Gasteiger partial charge in [-0.2, -0.15) is 0 Å². The molecule has 3 rings (SSSR count). The van der Waals surface area contributed by atoms with Crippen LogP contribution in [-0.4, -0.2) is 36.6 Å².